The molecule has 0 radical (unpaired) electrons. The standard InChI is InChI=1S/C12H9F3O4/c13-12(14,15)19-9-3-1-7(2-4-9)11(10(17)18)5-8(16)6-11/h1-4H,5-6H2,(H,17,18). The molecule has 0 amide bonds. The minimum atomic E-state index is -4.79. The fraction of sp³-hybridized carbons (Fsp3) is 0.333. The van der Waals surface area contributed by atoms with Crippen molar-refractivity contribution in [2.24, 2.45) is 0 Å². The number of benzene rings is 1. The van der Waals surface area contributed by atoms with Gasteiger partial charge in [0.1, 0.15) is 16.9 Å². The van der Waals surface area contributed by atoms with Gasteiger partial charge >= 0.3 is 12.3 Å². The Balaban J connectivity index is 2.23. The summed E-state index contributed by atoms with van der Waals surface area (Å²) < 4.78 is 39.6. The Morgan fingerprint density at radius 3 is 2.11 bits per heavy atom. The molecule has 0 atom stereocenters. The number of carbonyl (C=O) groups is 2. The van der Waals surface area contributed by atoms with Gasteiger partial charge in [-0.15, -0.1) is 13.2 Å². The maximum absolute atomic E-state index is 12.0. The van der Waals surface area contributed by atoms with E-state index >= 15 is 0 Å². The molecule has 0 aromatic heterocycles. The maximum atomic E-state index is 12.0. The van der Waals surface area contributed by atoms with Gasteiger partial charge in [0, 0.05) is 12.8 Å². The highest BCUT2D eigenvalue weighted by Crippen LogP contribution is 2.42. The first kappa shape index (κ1) is 13.4. The lowest BCUT2D eigenvalue weighted by Gasteiger charge is -2.36. The summed E-state index contributed by atoms with van der Waals surface area (Å²) in [5, 5.41) is 9.15. The average Bonchev–Trinajstić information content (AvgIpc) is 2.23. The molecular weight excluding hydrogens is 265 g/mol. The van der Waals surface area contributed by atoms with Gasteiger partial charge in [-0.2, -0.15) is 0 Å². The minimum absolute atomic E-state index is 0.137. The Labute approximate surface area is 105 Å². The molecule has 102 valence electrons. The number of Topliss-reactive ketones (excluding diaryl/α,β-unsaturated/α-hetero) is 1. The van der Waals surface area contributed by atoms with Crippen LogP contribution in [0.3, 0.4) is 0 Å². The van der Waals surface area contributed by atoms with Crippen molar-refractivity contribution < 1.29 is 32.6 Å². The van der Waals surface area contributed by atoms with Crippen molar-refractivity contribution in [3.05, 3.63) is 29.8 Å². The van der Waals surface area contributed by atoms with Gasteiger partial charge in [0.15, 0.2) is 0 Å². The van der Waals surface area contributed by atoms with Crippen LogP contribution in [0.15, 0.2) is 24.3 Å². The molecule has 0 saturated heterocycles. The first-order valence-electron chi connectivity index (χ1n) is 5.34. The Morgan fingerprint density at radius 2 is 1.74 bits per heavy atom. The predicted octanol–water partition coefficient (Wildman–Crippen LogP) is 2.27. The molecule has 7 heteroatoms. The van der Waals surface area contributed by atoms with E-state index in [4.69, 9.17) is 5.11 Å². The molecule has 1 N–H and O–H groups in total. The molecule has 1 aliphatic rings. The van der Waals surface area contributed by atoms with E-state index in [9.17, 15) is 22.8 Å². The number of hydrogen-bond donors (Lipinski definition) is 1. The fourth-order valence-electron chi connectivity index (χ4n) is 2.08. The Bertz CT molecular complexity index is 511. The highest BCUT2D eigenvalue weighted by Gasteiger charge is 2.51. The summed E-state index contributed by atoms with van der Waals surface area (Å²) in [4.78, 5) is 22.2. The molecule has 2 rings (SSSR count). The lowest BCUT2D eigenvalue weighted by atomic mass is 9.63. The lowest BCUT2D eigenvalue weighted by molar-refractivity contribution is -0.274. The van der Waals surface area contributed by atoms with Gasteiger partial charge in [-0.1, -0.05) is 12.1 Å². The first-order valence-corrected chi connectivity index (χ1v) is 5.34. The van der Waals surface area contributed by atoms with Crippen LogP contribution in [0.25, 0.3) is 0 Å². The van der Waals surface area contributed by atoms with E-state index in [1.54, 1.807) is 0 Å². The Hall–Kier alpha value is -2.05. The van der Waals surface area contributed by atoms with E-state index in [0.717, 1.165) is 12.1 Å². The quantitative estimate of drug-likeness (QED) is 0.918. The van der Waals surface area contributed by atoms with Gasteiger partial charge in [-0.25, -0.2) is 0 Å². The number of ether oxygens (including phenoxy) is 1. The summed E-state index contributed by atoms with van der Waals surface area (Å²) in [6, 6.07) is 4.55. The Morgan fingerprint density at radius 1 is 1.21 bits per heavy atom. The second kappa shape index (κ2) is 4.25. The smallest absolute Gasteiger partial charge is 0.481 e. The van der Waals surface area contributed by atoms with E-state index in [2.05, 4.69) is 4.74 Å². The number of carboxylic acids is 1. The first-order chi connectivity index (χ1) is 8.73. The molecule has 0 bridgehead atoms. The largest absolute Gasteiger partial charge is 0.573 e. The number of carbonyl (C=O) groups excluding carboxylic acids is 1. The van der Waals surface area contributed by atoms with Crippen molar-refractivity contribution in [2.45, 2.75) is 24.6 Å². The summed E-state index contributed by atoms with van der Waals surface area (Å²) in [5.41, 5.74) is -1.01. The SMILES string of the molecule is O=C1CC(C(=O)O)(c2ccc(OC(F)(F)F)cc2)C1. The van der Waals surface area contributed by atoms with Gasteiger partial charge in [0.2, 0.25) is 0 Å². The highest BCUT2D eigenvalue weighted by atomic mass is 19.4. The molecule has 0 unspecified atom stereocenters. The van der Waals surface area contributed by atoms with Gasteiger partial charge in [0.05, 0.1) is 0 Å². The molecule has 0 heterocycles. The van der Waals surface area contributed by atoms with Crippen molar-refractivity contribution in [3.8, 4) is 5.75 Å². The molecule has 1 aromatic rings. The molecule has 1 saturated carbocycles. The number of rotatable bonds is 3. The topological polar surface area (TPSA) is 63.6 Å². The third-order valence-electron chi connectivity index (χ3n) is 3.05. The van der Waals surface area contributed by atoms with E-state index in [1.807, 2.05) is 0 Å². The molecular formula is C12H9F3O4. The van der Waals surface area contributed by atoms with Crippen molar-refractivity contribution >= 4 is 11.8 Å². The predicted molar refractivity (Wildman–Crippen MR) is 56.7 cm³/mol. The normalized spacial score (nSPS) is 17.7. The van der Waals surface area contributed by atoms with Gasteiger partial charge < -0.3 is 9.84 Å². The fourth-order valence-corrected chi connectivity index (χ4v) is 2.08. The van der Waals surface area contributed by atoms with Crippen molar-refractivity contribution in [3.63, 3.8) is 0 Å². The molecule has 1 aromatic carbocycles. The Kier molecular flexibility index (Phi) is 3.00. The van der Waals surface area contributed by atoms with Crippen LogP contribution < -0.4 is 4.74 Å². The minimum Gasteiger partial charge on any atom is -0.481 e. The van der Waals surface area contributed by atoms with E-state index in [-0.39, 0.29) is 18.6 Å². The molecule has 4 nitrogen and oxygen atoms in total. The van der Waals surface area contributed by atoms with Crippen molar-refractivity contribution in [2.75, 3.05) is 0 Å². The molecule has 1 fully saturated rings. The number of alkyl halides is 3. The summed E-state index contributed by atoms with van der Waals surface area (Å²) in [6.45, 7) is 0. The van der Waals surface area contributed by atoms with Crippen molar-refractivity contribution in [1.29, 1.82) is 0 Å². The third-order valence-corrected chi connectivity index (χ3v) is 3.05. The molecule has 0 spiro atoms. The van der Waals surface area contributed by atoms with Crippen LogP contribution in [-0.2, 0) is 15.0 Å². The zero-order valence-electron chi connectivity index (χ0n) is 9.53. The van der Waals surface area contributed by atoms with Crippen LogP contribution in [-0.4, -0.2) is 23.2 Å². The van der Waals surface area contributed by atoms with Crippen LogP contribution in [0.2, 0.25) is 0 Å². The van der Waals surface area contributed by atoms with Crippen LogP contribution in [0, 0.1) is 0 Å². The van der Waals surface area contributed by atoms with Crippen LogP contribution in [0.1, 0.15) is 18.4 Å². The van der Waals surface area contributed by atoms with Crippen LogP contribution in [0.5, 0.6) is 5.75 Å². The number of aliphatic carboxylic acids is 1. The number of halogens is 3. The van der Waals surface area contributed by atoms with Gasteiger partial charge in [-0.05, 0) is 17.7 Å². The molecule has 19 heavy (non-hydrogen) atoms. The lowest BCUT2D eigenvalue weighted by Crippen LogP contribution is -2.48. The van der Waals surface area contributed by atoms with Crippen molar-refractivity contribution in [1.82, 2.24) is 0 Å². The van der Waals surface area contributed by atoms with Crippen LogP contribution >= 0.6 is 0 Å². The van der Waals surface area contributed by atoms with Gasteiger partial charge in [0.25, 0.3) is 0 Å². The summed E-state index contributed by atoms with van der Waals surface area (Å²) >= 11 is 0. The third kappa shape index (κ3) is 2.54. The molecule has 1 aliphatic carbocycles. The zero-order chi connectivity index (χ0) is 14.3. The summed E-state index contributed by atoms with van der Waals surface area (Å²) in [5.74, 6) is -1.77. The summed E-state index contributed by atoms with van der Waals surface area (Å²) in [6.07, 6.45) is -5.07. The maximum Gasteiger partial charge on any atom is 0.573 e. The summed E-state index contributed by atoms with van der Waals surface area (Å²) in [7, 11) is 0. The highest BCUT2D eigenvalue weighted by molar-refractivity contribution is 6.01. The van der Waals surface area contributed by atoms with Gasteiger partial charge in [-0.3, -0.25) is 9.59 Å². The van der Waals surface area contributed by atoms with Crippen LogP contribution in [0.4, 0.5) is 13.2 Å². The second-order valence-corrected chi connectivity index (χ2v) is 4.35. The zero-order valence-corrected chi connectivity index (χ0v) is 9.53. The number of carboxylic acid groups (broad SMARTS) is 1. The number of hydrogen-bond acceptors (Lipinski definition) is 3. The van der Waals surface area contributed by atoms with E-state index in [0.29, 0.717) is 5.56 Å². The monoisotopic (exact) mass is 274 g/mol. The number of ketones is 1. The second-order valence-electron chi connectivity index (χ2n) is 4.35. The van der Waals surface area contributed by atoms with E-state index < -0.39 is 23.5 Å². The van der Waals surface area contributed by atoms with E-state index in [1.165, 1.54) is 12.1 Å². The average molecular weight is 274 g/mol. The molecule has 0 aliphatic heterocycles.